The number of carbonyl (C=O) groups is 1. The first-order chi connectivity index (χ1) is 17.0. The van der Waals surface area contributed by atoms with E-state index in [1.807, 2.05) is 0 Å². The highest BCUT2D eigenvalue weighted by molar-refractivity contribution is 5.89. The Morgan fingerprint density at radius 2 is 1.69 bits per heavy atom. The normalized spacial score (nSPS) is 24.0. The largest absolute Gasteiger partial charge is 0.507 e. The van der Waals surface area contributed by atoms with Gasteiger partial charge in [-0.15, -0.1) is 0 Å². The molecule has 0 aliphatic carbocycles. The Kier molecular flexibility index (Phi) is 6.78. The van der Waals surface area contributed by atoms with Crippen molar-refractivity contribution in [2.75, 3.05) is 13.7 Å². The van der Waals surface area contributed by atoms with Crippen molar-refractivity contribution in [3.8, 4) is 34.3 Å². The van der Waals surface area contributed by atoms with Crippen LogP contribution < -0.4 is 10.2 Å². The molecule has 12 nitrogen and oxygen atoms in total. The van der Waals surface area contributed by atoms with Crippen LogP contribution >= 0.6 is 0 Å². The van der Waals surface area contributed by atoms with Crippen LogP contribution in [0.15, 0.2) is 39.5 Å². The van der Waals surface area contributed by atoms with Crippen molar-refractivity contribution in [3.63, 3.8) is 0 Å². The SMILES string of the molecule is COc1cc(-c2cc(=O)c3c(O)cc(O)c(C4OC(COC(C)=O)C(O)C(O)C4O)c3o2)ccc1O. The second kappa shape index (κ2) is 9.66. The minimum Gasteiger partial charge on any atom is -0.507 e. The third-order valence-corrected chi connectivity index (χ3v) is 5.91. The van der Waals surface area contributed by atoms with Gasteiger partial charge in [0, 0.05) is 24.6 Å². The first-order valence-electron chi connectivity index (χ1n) is 10.8. The summed E-state index contributed by atoms with van der Waals surface area (Å²) in [5, 5.41) is 62.0. The fraction of sp³-hybridized carbons (Fsp3) is 0.333. The summed E-state index contributed by atoms with van der Waals surface area (Å²) >= 11 is 0. The Balaban J connectivity index is 1.90. The van der Waals surface area contributed by atoms with Crippen molar-refractivity contribution in [2.45, 2.75) is 37.4 Å². The lowest BCUT2D eigenvalue weighted by molar-refractivity contribution is -0.234. The molecule has 4 rings (SSSR count). The lowest BCUT2D eigenvalue weighted by Crippen LogP contribution is -2.55. The number of fused-ring (bicyclic) bond motifs is 1. The number of aliphatic hydroxyl groups excluding tert-OH is 3. The van der Waals surface area contributed by atoms with E-state index in [1.54, 1.807) is 0 Å². The molecule has 192 valence electrons. The monoisotopic (exact) mass is 504 g/mol. The summed E-state index contributed by atoms with van der Waals surface area (Å²) in [4.78, 5) is 24.2. The molecule has 1 saturated heterocycles. The number of hydrogen-bond donors (Lipinski definition) is 6. The number of aliphatic hydroxyl groups is 3. The van der Waals surface area contributed by atoms with E-state index in [9.17, 15) is 40.2 Å². The quantitative estimate of drug-likeness (QED) is 0.266. The van der Waals surface area contributed by atoms with Gasteiger partial charge < -0.3 is 49.3 Å². The third-order valence-electron chi connectivity index (χ3n) is 5.91. The molecule has 5 unspecified atom stereocenters. The fourth-order valence-corrected chi connectivity index (χ4v) is 4.10. The number of rotatable bonds is 5. The minimum atomic E-state index is -1.81. The molecule has 1 aliphatic rings. The van der Waals surface area contributed by atoms with Gasteiger partial charge >= 0.3 is 5.97 Å². The number of aromatic hydroxyl groups is 3. The molecule has 0 saturated carbocycles. The van der Waals surface area contributed by atoms with E-state index in [0.29, 0.717) is 5.56 Å². The van der Waals surface area contributed by atoms with Crippen molar-refractivity contribution < 1.29 is 54.1 Å². The summed E-state index contributed by atoms with van der Waals surface area (Å²) in [5.41, 5.74) is -1.06. The van der Waals surface area contributed by atoms with Crippen LogP contribution in [-0.2, 0) is 14.3 Å². The first-order valence-corrected chi connectivity index (χ1v) is 10.8. The number of carbonyl (C=O) groups excluding carboxylic acids is 1. The van der Waals surface area contributed by atoms with Gasteiger partial charge in [0.05, 0.1) is 12.7 Å². The number of phenolic OH excluding ortho intramolecular Hbond substituents is 3. The van der Waals surface area contributed by atoms with Gasteiger partial charge in [0.1, 0.15) is 59.8 Å². The molecule has 0 spiro atoms. The minimum absolute atomic E-state index is 0.0422. The molecule has 0 bridgehead atoms. The predicted molar refractivity (Wildman–Crippen MR) is 122 cm³/mol. The molecule has 2 aromatic carbocycles. The van der Waals surface area contributed by atoms with Crippen LogP contribution in [0.1, 0.15) is 18.6 Å². The van der Waals surface area contributed by atoms with E-state index in [1.165, 1.54) is 25.3 Å². The molecule has 36 heavy (non-hydrogen) atoms. The van der Waals surface area contributed by atoms with Gasteiger partial charge in [0.2, 0.25) is 0 Å². The number of phenols is 3. The average Bonchev–Trinajstić information content (AvgIpc) is 2.82. The van der Waals surface area contributed by atoms with Crippen molar-refractivity contribution in [1.82, 2.24) is 0 Å². The summed E-state index contributed by atoms with van der Waals surface area (Å²) in [7, 11) is 1.33. The molecule has 12 heteroatoms. The number of ether oxygens (including phenoxy) is 3. The highest BCUT2D eigenvalue weighted by Gasteiger charge is 2.46. The van der Waals surface area contributed by atoms with Crippen molar-refractivity contribution in [3.05, 3.63) is 46.1 Å². The summed E-state index contributed by atoms with van der Waals surface area (Å²) in [6.07, 6.45) is -8.12. The lowest BCUT2D eigenvalue weighted by atomic mass is 9.89. The van der Waals surface area contributed by atoms with Gasteiger partial charge in [-0.3, -0.25) is 9.59 Å². The molecule has 6 N–H and O–H groups in total. The molecular weight excluding hydrogens is 480 g/mol. The summed E-state index contributed by atoms with van der Waals surface area (Å²) < 4.78 is 21.5. The molecule has 1 aliphatic heterocycles. The number of benzene rings is 2. The van der Waals surface area contributed by atoms with Crippen LogP contribution in [-0.4, -0.2) is 74.7 Å². The van der Waals surface area contributed by atoms with Gasteiger partial charge in [-0.05, 0) is 18.2 Å². The number of esters is 1. The van der Waals surface area contributed by atoms with Crippen LogP contribution in [0.3, 0.4) is 0 Å². The second-order valence-corrected chi connectivity index (χ2v) is 8.26. The molecule has 0 radical (unpaired) electrons. The number of methoxy groups -OCH3 is 1. The topological polar surface area (TPSA) is 196 Å². The van der Waals surface area contributed by atoms with Crippen LogP contribution in [0.2, 0.25) is 0 Å². The second-order valence-electron chi connectivity index (χ2n) is 8.26. The highest BCUT2D eigenvalue weighted by Crippen LogP contribution is 2.44. The van der Waals surface area contributed by atoms with E-state index < -0.39 is 60.0 Å². The molecule has 5 atom stereocenters. The zero-order valence-electron chi connectivity index (χ0n) is 19.1. The summed E-state index contributed by atoms with van der Waals surface area (Å²) in [6, 6.07) is 6.07. The van der Waals surface area contributed by atoms with E-state index >= 15 is 0 Å². The van der Waals surface area contributed by atoms with Crippen LogP contribution in [0.5, 0.6) is 23.0 Å². The van der Waals surface area contributed by atoms with Crippen LogP contribution in [0.4, 0.5) is 0 Å². The maximum Gasteiger partial charge on any atom is 0.302 e. The van der Waals surface area contributed by atoms with Crippen molar-refractivity contribution >= 4 is 16.9 Å². The summed E-state index contributed by atoms with van der Waals surface area (Å²) in [6.45, 7) is 0.655. The standard InChI is InChI=1S/C24H24O12/c1-9(25)34-8-17-20(30)21(31)22(32)24(36-17)19-13(28)6-12(27)18-14(29)7-15(35-23(18)19)10-3-4-11(26)16(5-10)33-2/h3-7,17,20-22,24,26-28,30-32H,8H2,1-2H3. The zero-order chi connectivity index (χ0) is 26.3. The van der Waals surface area contributed by atoms with Crippen molar-refractivity contribution in [1.29, 1.82) is 0 Å². The molecule has 3 aromatic rings. The van der Waals surface area contributed by atoms with Gasteiger partial charge in [0.25, 0.3) is 0 Å². The Morgan fingerprint density at radius 1 is 0.972 bits per heavy atom. The lowest BCUT2D eigenvalue weighted by Gasteiger charge is -2.40. The Labute approximate surface area is 203 Å². The summed E-state index contributed by atoms with van der Waals surface area (Å²) in [5.74, 6) is -2.05. The molecule has 2 heterocycles. The molecule has 1 fully saturated rings. The predicted octanol–water partition coefficient (Wildman–Crippen LogP) is 0.671. The van der Waals surface area contributed by atoms with Gasteiger partial charge in [0.15, 0.2) is 22.5 Å². The maximum atomic E-state index is 13.0. The van der Waals surface area contributed by atoms with Gasteiger partial charge in [-0.25, -0.2) is 0 Å². The average molecular weight is 504 g/mol. The van der Waals surface area contributed by atoms with Crippen LogP contribution in [0.25, 0.3) is 22.3 Å². The molecular formula is C24H24O12. The van der Waals surface area contributed by atoms with E-state index in [2.05, 4.69) is 0 Å². The van der Waals surface area contributed by atoms with Gasteiger partial charge in [-0.2, -0.15) is 0 Å². The fourth-order valence-electron chi connectivity index (χ4n) is 4.10. The van der Waals surface area contributed by atoms with E-state index in [-0.39, 0.29) is 33.8 Å². The van der Waals surface area contributed by atoms with Gasteiger partial charge in [-0.1, -0.05) is 0 Å². The number of hydrogen-bond acceptors (Lipinski definition) is 12. The zero-order valence-corrected chi connectivity index (χ0v) is 19.1. The van der Waals surface area contributed by atoms with E-state index in [0.717, 1.165) is 19.1 Å². The van der Waals surface area contributed by atoms with Crippen molar-refractivity contribution in [2.24, 2.45) is 0 Å². The Morgan fingerprint density at radius 3 is 2.36 bits per heavy atom. The smallest absolute Gasteiger partial charge is 0.302 e. The molecule has 1 aromatic heterocycles. The maximum absolute atomic E-state index is 13.0. The first kappa shape index (κ1) is 25.3. The third kappa shape index (κ3) is 4.42. The van der Waals surface area contributed by atoms with E-state index in [4.69, 9.17) is 18.6 Å². The Hall–Kier alpha value is -3.84. The highest BCUT2D eigenvalue weighted by atomic mass is 16.6. The Bertz CT molecular complexity index is 1360. The van der Waals surface area contributed by atoms with Crippen LogP contribution in [0, 0.1) is 0 Å². The molecule has 0 amide bonds.